The Morgan fingerprint density at radius 2 is 2.15 bits per heavy atom. The van der Waals surface area contributed by atoms with E-state index in [0.717, 1.165) is 0 Å². The Bertz CT molecular complexity index is 576. The number of nitrogens with one attached hydrogen (secondary N) is 1. The van der Waals surface area contributed by atoms with E-state index in [0.29, 0.717) is 5.49 Å². The van der Waals surface area contributed by atoms with Crippen LogP contribution < -0.4 is 5.49 Å². The lowest BCUT2D eigenvalue weighted by molar-refractivity contribution is 0.147. The summed E-state index contributed by atoms with van der Waals surface area (Å²) in [5.41, 5.74) is 0.783. The van der Waals surface area contributed by atoms with Gasteiger partial charge in [0.05, 0.1) is 0 Å². The minimum atomic E-state index is -5.10. The number of nitrogens with zero attached hydrogens (tertiary/aromatic N) is 1. The highest BCUT2D eigenvalue weighted by molar-refractivity contribution is 7.69. The summed E-state index contributed by atoms with van der Waals surface area (Å²) in [6.45, 7) is 1.46. The quantitative estimate of drug-likeness (QED) is 0.431. The standard InChI is InChI=1S/C10H16N2O6P2/c1-8(7-12-9-4-2-3-5-11-9)6-10(13,19(14)15)20(16,17)18/h2-5,7,13-15H,6H2,1H3,(H,11,12)(H2,16,17,18)/b8-7+. The number of aromatic amines is 1. The maximum atomic E-state index is 11.2. The molecule has 1 aromatic heterocycles. The largest absolute Gasteiger partial charge is 0.370 e. The van der Waals surface area contributed by atoms with Crippen molar-refractivity contribution in [3.05, 3.63) is 41.7 Å². The molecule has 0 spiro atoms. The summed E-state index contributed by atoms with van der Waals surface area (Å²) in [5.74, 6) is 0. The molecule has 0 aliphatic heterocycles. The Morgan fingerprint density at radius 3 is 2.60 bits per heavy atom. The third-order valence-electron chi connectivity index (χ3n) is 2.42. The first kappa shape index (κ1) is 17.2. The molecule has 0 fully saturated rings. The number of pyridine rings is 1. The van der Waals surface area contributed by atoms with E-state index < -0.39 is 27.5 Å². The lowest BCUT2D eigenvalue weighted by Gasteiger charge is -2.29. The molecule has 0 aliphatic carbocycles. The number of rotatable bonds is 5. The first-order valence-corrected chi connectivity index (χ1v) is 8.32. The summed E-state index contributed by atoms with van der Waals surface area (Å²) < 4.78 is 11.2. The normalized spacial score (nSPS) is 17.4. The maximum Gasteiger partial charge on any atom is 0.366 e. The van der Waals surface area contributed by atoms with E-state index in [1.54, 1.807) is 24.4 Å². The van der Waals surface area contributed by atoms with Crippen LogP contribution in [-0.2, 0) is 4.57 Å². The molecule has 1 heterocycles. The third-order valence-corrected chi connectivity index (χ3v) is 5.63. The number of aliphatic hydroxyl groups is 1. The Balaban J connectivity index is 2.99. The minimum absolute atomic E-state index is 0.281. The van der Waals surface area contributed by atoms with Crippen LogP contribution in [0.25, 0.3) is 0 Å². The molecule has 1 unspecified atom stereocenters. The first-order chi connectivity index (χ1) is 9.17. The predicted molar refractivity (Wildman–Crippen MR) is 73.1 cm³/mol. The average molecular weight is 322 g/mol. The van der Waals surface area contributed by atoms with Gasteiger partial charge in [0, 0.05) is 18.8 Å². The molecular weight excluding hydrogens is 306 g/mol. The van der Waals surface area contributed by atoms with Gasteiger partial charge >= 0.3 is 7.60 Å². The van der Waals surface area contributed by atoms with Crippen molar-refractivity contribution in [3.63, 3.8) is 0 Å². The monoisotopic (exact) mass is 322 g/mol. The summed E-state index contributed by atoms with van der Waals surface area (Å²) in [4.78, 5) is 43.0. The molecule has 0 radical (unpaired) electrons. The molecule has 20 heavy (non-hydrogen) atoms. The molecule has 0 aromatic carbocycles. The molecule has 0 saturated carbocycles. The molecule has 112 valence electrons. The predicted octanol–water partition coefficient (Wildman–Crippen LogP) is 0.330. The molecule has 6 N–H and O–H groups in total. The second kappa shape index (κ2) is 6.74. The average Bonchev–Trinajstić information content (AvgIpc) is 2.36. The van der Waals surface area contributed by atoms with E-state index in [1.807, 2.05) is 0 Å². The van der Waals surface area contributed by atoms with Crippen LogP contribution in [0.2, 0.25) is 0 Å². The van der Waals surface area contributed by atoms with E-state index in [2.05, 4.69) is 9.98 Å². The number of hydrogen-bond donors (Lipinski definition) is 6. The van der Waals surface area contributed by atoms with Crippen LogP contribution in [0.5, 0.6) is 0 Å². The molecule has 8 nitrogen and oxygen atoms in total. The SMILES string of the molecule is C/C(=C\N=c1\cccc[nH]1)CC(O)(P(O)O)P(=O)(O)O. The molecule has 1 atom stereocenters. The van der Waals surface area contributed by atoms with Gasteiger partial charge in [-0.05, 0) is 19.1 Å². The Hall–Kier alpha value is -0.850. The molecule has 1 aromatic rings. The van der Waals surface area contributed by atoms with E-state index in [4.69, 9.17) is 19.6 Å². The van der Waals surface area contributed by atoms with E-state index >= 15 is 0 Å². The van der Waals surface area contributed by atoms with Gasteiger partial charge in [-0.1, -0.05) is 11.6 Å². The van der Waals surface area contributed by atoms with Gasteiger partial charge in [0.1, 0.15) is 5.49 Å². The summed E-state index contributed by atoms with van der Waals surface area (Å²) in [6, 6.07) is 5.17. The zero-order valence-corrected chi connectivity index (χ0v) is 12.4. The highest BCUT2D eigenvalue weighted by atomic mass is 31.2. The molecule has 10 heteroatoms. The molecule has 0 amide bonds. The van der Waals surface area contributed by atoms with Gasteiger partial charge in [-0.3, -0.25) is 4.57 Å². The van der Waals surface area contributed by atoms with Crippen molar-refractivity contribution < 1.29 is 29.2 Å². The van der Waals surface area contributed by atoms with Crippen molar-refractivity contribution in [2.24, 2.45) is 4.99 Å². The molecular formula is C10H16N2O6P2. The van der Waals surface area contributed by atoms with Crippen LogP contribution in [0, 0.1) is 0 Å². The lowest BCUT2D eigenvalue weighted by atomic mass is 10.2. The van der Waals surface area contributed by atoms with Gasteiger partial charge in [-0.2, -0.15) is 0 Å². The maximum absolute atomic E-state index is 11.2. The van der Waals surface area contributed by atoms with Gasteiger partial charge in [0.2, 0.25) is 13.5 Å². The van der Waals surface area contributed by atoms with Crippen molar-refractivity contribution in [1.82, 2.24) is 4.98 Å². The summed E-state index contributed by atoms with van der Waals surface area (Å²) in [5, 5.41) is 6.88. The van der Waals surface area contributed by atoms with E-state index in [1.165, 1.54) is 13.1 Å². The topological polar surface area (TPSA) is 146 Å². The molecule has 0 aliphatic rings. The van der Waals surface area contributed by atoms with Crippen LogP contribution in [0.4, 0.5) is 0 Å². The highest BCUT2D eigenvalue weighted by Gasteiger charge is 2.52. The van der Waals surface area contributed by atoms with Crippen molar-refractivity contribution >= 4 is 16.0 Å². The fraction of sp³-hybridized carbons (Fsp3) is 0.300. The first-order valence-electron chi connectivity index (χ1n) is 5.46. The molecule has 0 bridgehead atoms. The number of aromatic nitrogens is 1. The number of H-pyrrole nitrogens is 1. The van der Waals surface area contributed by atoms with Crippen LogP contribution in [-0.4, -0.2) is 34.7 Å². The van der Waals surface area contributed by atoms with Crippen molar-refractivity contribution in [3.8, 4) is 0 Å². The van der Waals surface area contributed by atoms with Gasteiger partial charge < -0.3 is 29.7 Å². The highest BCUT2D eigenvalue weighted by Crippen LogP contribution is 2.65. The fourth-order valence-electron chi connectivity index (χ4n) is 1.35. The zero-order valence-electron chi connectivity index (χ0n) is 10.6. The summed E-state index contributed by atoms with van der Waals surface area (Å²) >= 11 is 0. The summed E-state index contributed by atoms with van der Waals surface area (Å²) in [6.07, 6.45) is 2.33. The Kier molecular flexibility index (Phi) is 5.79. The van der Waals surface area contributed by atoms with Crippen molar-refractivity contribution in [2.75, 3.05) is 0 Å². The second-order valence-corrected chi connectivity index (χ2v) is 7.64. The van der Waals surface area contributed by atoms with Gasteiger partial charge in [0.15, 0.2) is 0 Å². The van der Waals surface area contributed by atoms with E-state index in [9.17, 15) is 9.67 Å². The van der Waals surface area contributed by atoms with E-state index in [-0.39, 0.29) is 5.57 Å². The van der Waals surface area contributed by atoms with Crippen LogP contribution >= 0.6 is 16.0 Å². The summed E-state index contributed by atoms with van der Waals surface area (Å²) in [7, 11) is -8.33. The van der Waals surface area contributed by atoms with Crippen LogP contribution in [0.1, 0.15) is 13.3 Å². The van der Waals surface area contributed by atoms with Crippen molar-refractivity contribution in [2.45, 2.75) is 18.4 Å². The molecule has 1 rings (SSSR count). The molecule has 0 saturated heterocycles. The fourth-order valence-corrected chi connectivity index (χ4v) is 3.13. The number of hydrogen-bond acceptors (Lipinski definition) is 5. The van der Waals surface area contributed by atoms with Crippen molar-refractivity contribution in [1.29, 1.82) is 0 Å². The van der Waals surface area contributed by atoms with Gasteiger partial charge in [-0.25, -0.2) is 4.99 Å². The van der Waals surface area contributed by atoms with Crippen LogP contribution in [0.3, 0.4) is 0 Å². The second-order valence-electron chi connectivity index (χ2n) is 4.14. The smallest absolute Gasteiger partial charge is 0.366 e. The third kappa shape index (κ3) is 4.33. The lowest BCUT2D eigenvalue weighted by Crippen LogP contribution is -2.26. The minimum Gasteiger partial charge on any atom is -0.370 e. The Morgan fingerprint density at radius 1 is 1.50 bits per heavy atom. The Labute approximate surface area is 116 Å². The zero-order chi connectivity index (χ0) is 15.4. The van der Waals surface area contributed by atoms with Crippen LogP contribution in [0.15, 0.2) is 41.2 Å². The van der Waals surface area contributed by atoms with Gasteiger partial charge in [-0.15, -0.1) is 0 Å². The van der Waals surface area contributed by atoms with Gasteiger partial charge in [0.25, 0.3) is 0 Å².